The van der Waals surface area contributed by atoms with Crippen LogP contribution in [0.3, 0.4) is 0 Å². The number of benzene rings is 1. The van der Waals surface area contributed by atoms with Crippen LogP contribution in [0, 0.1) is 5.82 Å². The lowest BCUT2D eigenvalue weighted by Gasteiger charge is -2.36. The molecule has 2 nitrogen and oxygen atoms in total. The van der Waals surface area contributed by atoms with Crippen LogP contribution in [0.4, 0.5) is 4.39 Å². The van der Waals surface area contributed by atoms with Crippen molar-refractivity contribution in [3.05, 3.63) is 29.6 Å². The highest BCUT2D eigenvalue weighted by Crippen LogP contribution is 2.37. The molecule has 0 fully saturated rings. The van der Waals surface area contributed by atoms with Crippen LogP contribution in [0.25, 0.3) is 0 Å². The Bertz CT molecular complexity index is 422. The van der Waals surface area contributed by atoms with Crippen LogP contribution in [0.5, 0.6) is 5.75 Å². The van der Waals surface area contributed by atoms with Gasteiger partial charge in [-0.05, 0) is 36.3 Å². The van der Waals surface area contributed by atoms with E-state index < -0.39 is 14.1 Å². The first-order chi connectivity index (χ1) is 7.67. The Hall–Kier alpha value is -1.16. The number of halogens is 1. The third-order valence-corrected chi connectivity index (χ3v) is 7.63. The minimum Gasteiger partial charge on any atom is -0.543 e. The molecule has 0 aliphatic heterocycles. The average Bonchev–Trinajstić information content (AvgIpc) is 2.19. The Morgan fingerprint density at radius 3 is 2.35 bits per heavy atom. The van der Waals surface area contributed by atoms with Crippen LogP contribution in [-0.4, -0.2) is 14.6 Å². The van der Waals surface area contributed by atoms with Crippen molar-refractivity contribution in [1.29, 1.82) is 0 Å². The van der Waals surface area contributed by atoms with Gasteiger partial charge in [-0.3, -0.25) is 4.79 Å². The SMILES string of the molecule is CC(C)(C)[Si](C)(C)Oc1ccc(F)c(C=O)c1. The Labute approximate surface area is 103 Å². The Morgan fingerprint density at radius 2 is 1.88 bits per heavy atom. The highest BCUT2D eigenvalue weighted by molar-refractivity contribution is 6.74. The second-order valence-corrected chi connectivity index (χ2v) is 10.4. The largest absolute Gasteiger partial charge is 0.543 e. The molecule has 94 valence electrons. The van der Waals surface area contributed by atoms with E-state index in [1.807, 2.05) is 0 Å². The van der Waals surface area contributed by atoms with Gasteiger partial charge in [0, 0.05) is 0 Å². The summed E-state index contributed by atoms with van der Waals surface area (Å²) in [6.07, 6.45) is 0.508. The molecule has 0 aromatic heterocycles. The second kappa shape index (κ2) is 4.60. The van der Waals surface area contributed by atoms with Gasteiger partial charge in [0.25, 0.3) is 0 Å². The zero-order chi connectivity index (χ0) is 13.3. The highest BCUT2D eigenvalue weighted by atomic mass is 28.4. The molecule has 0 aliphatic rings. The van der Waals surface area contributed by atoms with Gasteiger partial charge in [-0.1, -0.05) is 20.8 Å². The van der Waals surface area contributed by atoms with Gasteiger partial charge < -0.3 is 4.43 Å². The fraction of sp³-hybridized carbons (Fsp3) is 0.462. The summed E-state index contributed by atoms with van der Waals surface area (Å²) in [5.74, 6) is 0.0580. The smallest absolute Gasteiger partial charge is 0.250 e. The van der Waals surface area contributed by atoms with Gasteiger partial charge in [-0.15, -0.1) is 0 Å². The molecule has 1 aromatic rings. The zero-order valence-electron chi connectivity index (χ0n) is 11.0. The maximum absolute atomic E-state index is 13.2. The van der Waals surface area contributed by atoms with Crippen molar-refractivity contribution in [2.75, 3.05) is 0 Å². The lowest BCUT2D eigenvalue weighted by Crippen LogP contribution is -2.43. The number of hydrogen-bond donors (Lipinski definition) is 0. The predicted molar refractivity (Wildman–Crippen MR) is 69.6 cm³/mol. The fourth-order valence-electron chi connectivity index (χ4n) is 1.12. The van der Waals surface area contributed by atoms with Crippen molar-refractivity contribution in [1.82, 2.24) is 0 Å². The molecule has 0 amide bonds. The monoisotopic (exact) mass is 254 g/mol. The maximum Gasteiger partial charge on any atom is 0.250 e. The standard InChI is InChI=1S/C13H19FO2Si/c1-13(2,3)17(4,5)16-11-6-7-12(14)10(8-11)9-15/h6-9H,1-5H3. The van der Waals surface area contributed by atoms with E-state index in [-0.39, 0.29) is 10.6 Å². The normalized spacial score (nSPS) is 12.4. The molecule has 0 saturated heterocycles. The molecule has 0 saturated carbocycles. The van der Waals surface area contributed by atoms with Gasteiger partial charge >= 0.3 is 0 Å². The van der Waals surface area contributed by atoms with Crippen molar-refractivity contribution in [2.24, 2.45) is 0 Å². The first-order valence-corrected chi connectivity index (χ1v) is 8.52. The van der Waals surface area contributed by atoms with E-state index in [0.717, 1.165) is 0 Å². The fourth-order valence-corrected chi connectivity index (χ4v) is 2.15. The van der Waals surface area contributed by atoms with Crippen molar-refractivity contribution in [2.45, 2.75) is 38.9 Å². The molecule has 0 aliphatic carbocycles. The van der Waals surface area contributed by atoms with Crippen LogP contribution < -0.4 is 4.43 Å². The molecule has 0 heterocycles. The highest BCUT2D eigenvalue weighted by Gasteiger charge is 2.39. The van der Waals surface area contributed by atoms with Crippen LogP contribution in [0.15, 0.2) is 18.2 Å². The molecule has 4 heteroatoms. The lowest BCUT2D eigenvalue weighted by molar-refractivity contribution is 0.111. The molecule has 0 radical (unpaired) electrons. The van der Waals surface area contributed by atoms with E-state index in [2.05, 4.69) is 33.9 Å². The van der Waals surface area contributed by atoms with E-state index >= 15 is 0 Å². The van der Waals surface area contributed by atoms with Crippen molar-refractivity contribution >= 4 is 14.6 Å². The Morgan fingerprint density at radius 1 is 1.29 bits per heavy atom. The number of hydrogen-bond acceptors (Lipinski definition) is 2. The molecule has 17 heavy (non-hydrogen) atoms. The molecule has 0 spiro atoms. The topological polar surface area (TPSA) is 26.3 Å². The summed E-state index contributed by atoms with van der Waals surface area (Å²) in [6, 6.07) is 4.30. The second-order valence-electron chi connectivity index (χ2n) is 5.66. The summed E-state index contributed by atoms with van der Waals surface area (Å²) in [4.78, 5) is 10.7. The zero-order valence-corrected chi connectivity index (χ0v) is 12.0. The number of aldehydes is 1. The summed E-state index contributed by atoms with van der Waals surface area (Å²) in [6.45, 7) is 10.6. The Kier molecular flexibility index (Phi) is 3.77. The average molecular weight is 254 g/mol. The van der Waals surface area contributed by atoms with Crippen LogP contribution in [0.1, 0.15) is 31.1 Å². The quantitative estimate of drug-likeness (QED) is 0.601. The summed E-state index contributed by atoms with van der Waals surface area (Å²) < 4.78 is 19.1. The van der Waals surface area contributed by atoms with Crippen LogP contribution in [-0.2, 0) is 0 Å². The first kappa shape index (κ1) is 13.9. The number of carbonyl (C=O) groups is 1. The summed E-state index contributed by atoms with van der Waals surface area (Å²) >= 11 is 0. The number of carbonyl (C=O) groups excluding carboxylic acids is 1. The Balaban J connectivity index is 3.00. The van der Waals surface area contributed by atoms with Crippen molar-refractivity contribution in [3.8, 4) is 5.75 Å². The van der Waals surface area contributed by atoms with Gasteiger partial charge in [0.1, 0.15) is 11.6 Å². The van der Waals surface area contributed by atoms with Gasteiger partial charge in [0.2, 0.25) is 8.32 Å². The third kappa shape index (κ3) is 3.16. The minimum absolute atomic E-state index is 0.0428. The maximum atomic E-state index is 13.2. The van der Waals surface area contributed by atoms with Gasteiger partial charge in [-0.2, -0.15) is 0 Å². The third-order valence-electron chi connectivity index (χ3n) is 3.27. The summed E-state index contributed by atoms with van der Waals surface area (Å²) in [7, 11) is -1.94. The van der Waals surface area contributed by atoms with Gasteiger partial charge in [0.15, 0.2) is 6.29 Å². The van der Waals surface area contributed by atoms with Crippen LogP contribution >= 0.6 is 0 Å². The van der Waals surface area contributed by atoms with E-state index in [4.69, 9.17) is 4.43 Å². The molecule has 1 rings (SSSR count). The van der Waals surface area contributed by atoms with E-state index in [1.165, 1.54) is 12.1 Å². The first-order valence-electron chi connectivity index (χ1n) is 5.61. The summed E-state index contributed by atoms with van der Waals surface area (Å²) in [5.41, 5.74) is 0.0428. The van der Waals surface area contributed by atoms with E-state index in [1.54, 1.807) is 6.07 Å². The van der Waals surface area contributed by atoms with Gasteiger partial charge in [0.05, 0.1) is 5.56 Å². The van der Waals surface area contributed by atoms with E-state index in [0.29, 0.717) is 12.0 Å². The number of rotatable bonds is 3. The predicted octanol–water partition coefficient (Wildman–Crippen LogP) is 4.02. The molecular weight excluding hydrogens is 235 g/mol. The lowest BCUT2D eigenvalue weighted by atomic mass is 10.2. The van der Waals surface area contributed by atoms with Gasteiger partial charge in [-0.25, -0.2) is 4.39 Å². The summed E-state index contributed by atoms with van der Waals surface area (Å²) in [5, 5.41) is 0.0722. The molecule has 0 N–H and O–H groups in total. The van der Waals surface area contributed by atoms with Crippen LogP contribution in [0.2, 0.25) is 18.1 Å². The minimum atomic E-state index is -1.94. The molecule has 0 unspecified atom stereocenters. The molecule has 1 aromatic carbocycles. The molecular formula is C13H19FO2Si. The van der Waals surface area contributed by atoms with Crippen molar-refractivity contribution < 1.29 is 13.6 Å². The molecule has 0 atom stereocenters. The van der Waals surface area contributed by atoms with Crippen molar-refractivity contribution in [3.63, 3.8) is 0 Å². The van der Waals surface area contributed by atoms with E-state index in [9.17, 15) is 9.18 Å². The molecule has 0 bridgehead atoms.